The lowest BCUT2D eigenvalue weighted by atomic mass is 9.99. The Labute approximate surface area is 107 Å². The van der Waals surface area contributed by atoms with Crippen LogP contribution in [0.2, 0.25) is 0 Å². The minimum Gasteiger partial charge on any atom is -0.493 e. The van der Waals surface area contributed by atoms with E-state index >= 15 is 0 Å². The molecule has 1 unspecified atom stereocenters. The van der Waals surface area contributed by atoms with Crippen LogP contribution in [-0.2, 0) is 0 Å². The van der Waals surface area contributed by atoms with Gasteiger partial charge in [0, 0.05) is 0 Å². The van der Waals surface area contributed by atoms with Gasteiger partial charge in [0.1, 0.15) is 0 Å². The fraction of sp³-hybridized carbons (Fsp3) is 0.571. The molecule has 0 fully saturated rings. The van der Waals surface area contributed by atoms with Crippen molar-refractivity contribution in [2.75, 3.05) is 13.9 Å². The molecule has 1 aliphatic heterocycles. The topological polar surface area (TPSA) is 47.9 Å². The van der Waals surface area contributed by atoms with Crippen molar-refractivity contribution in [1.29, 1.82) is 0 Å². The molecule has 0 spiro atoms. The molecule has 1 aromatic rings. The van der Waals surface area contributed by atoms with Gasteiger partial charge >= 0.3 is 0 Å². The molecule has 1 heterocycles. The highest BCUT2D eigenvalue weighted by molar-refractivity contribution is 5.55. The van der Waals surface area contributed by atoms with Crippen LogP contribution in [0.1, 0.15) is 38.4 Å². The van der Waals surface area contributed by atoms with Gasteiger partial charge in [0.15, 0.2) is 11.5 Å². The van der Waals surface area contributed by atoms with Gasteiger partial charge in [-0.2, -0.15) is 0 Å². The number of aliphatic hydroxyl groups is 1. The first-order valence-electron chi connectivity index (χ1n) is 6.27. The molecule has 4 nitrogen and oxygen atoms in total. The Hall–Kier alpha value is -1.42. The van der Waals surface area contributed by atoms with Crippen LogP contribution in [0, 0.1) is 5.92 Å². The monoisotopic (exact) mass is 252 g/mol. The van der Waals surface area contributed by atoms with E-state index in [1.807, 2.05) is 12.1 Å². The summed E-state index contributed by atoms with van der Waals surface area (Å²) in [5.74, 6) is 2.46. The van der Waals surface area contributed by atoms with Crippen molar-refractivity contribution in [2.24, 2.45) is 5.92 Å². The summed E-state index contributed by atoms with van der Waals surface area (Å²) in [4.78, 5) is 0. The summed E-state index contributed by atoms with van der Waals surface area (Å²) in [6.45, 7) is 4.50. The molecular weight excluding hydrogens is 232 g/mol. The smallest absolute Gasteiger partial charge is 0.231 e. The van der Waals surface area contributed by atoms with Crippen molar-refractivity contribution < 1.29 is 19.3 Å². The average Bonchev–Trinajstić information content (AvgIpc) is 2.82. The molecule has 1 N–H and O–H groups in total. The molecular formula is C14H20O4. The zero-order valence-electron chi connectivity index (χ0n) is 11.1. The first-order valence-corrected chi connectivity index (χ1v) is 6.27. The van der Waals surface area contributed by atoms with Crippen LogP contribution < -0.4 is 14.2 Å². The van der Waals surface area contributed by atoms with Crippen LogP contribution in [0.5, 0.6) is 17.2 Å². The number of benzene rings is 1. The van der Waals surface area contributed by atoms with E-state index in [1.54, 1.807) is 7.11 Å². The lowest BCUT2D eigenvalue weighted by Gasteiger charge is -2.14. The van der Waals surface area contributed by atoms with Gasteiger partial charge in [0.2, 0.25) is 12.5 Å². The maximum atomic E-state index is 10.2. The van der Waals surface area contributed by atoms with Crippen molar-refractivity contribution >= 4 is 0 Å². The standard InChI is InChI=1S/C14H20O4/c1-9(2)4-5-11(15)10-6-12(16-3)14-13(7-10)17-8-18-14/h6-7,9,11,15H,4-5,8H2,1-3H3. The summed E-state index contributed by atoms with van der Waals surface area (Å²) < 4.78 is 15.9. The summed E-state index contributed by atoms with van der Waals surface area (Å²) in [6.07, 6.45) is 1.23. The molecule has 0 aromatic heterocycles. The molecule has 0 bridgehead atoms. The maximum absolute atomic E-state index is 10.2. The lowest BCUT2D eigenvalue weighted by Crippen LogP contribution is -2.00. The number of hydrogen-bond donors (Lipinski definition) is 1. The average molecular weight is 252 g/mol. The van der Waals surface area contributed by atoms with Gasteiger partial charge in [-0.3, -0.25) is 0 Å². The third-order valence-corrected chi connectivity index (χ3v) is 3.08. The first kappa shape index (κ1) is 13.0. The molecule has 0 amide bonds. The predicted octanol–water partition coefficient (Wildman–Crippen LogP) is 2.89. The largest absolute Gasteiger partial charge is 0.493 e. The molecule has 0 radical (unpaired) electrons. The van der Waals surface area contributed by atoms with Crippen LogP contribution in [0.4, 0.5) is 0 Å². The number of fused-ring (bicyclic) bond motifs is 1. The minimum atomic E-state index is -0.490. The van der Waals surface area contributed by atoms with Crippen molar-refractivity contribution in [3.63, 3.8) is 0 Å². The van der Waals surface area contributed by atoms with Gasteiger partial charge in [-0.1, -0.05) is 13.8 Å². The fourth-order valence-corrected chi connectivity index (χ4v) is 2.00. The molecule has 1 aromatic carbocycles. The van der Waals surface area contributed by atoms with Gasteiger partial charge in [-0.25, -0.2) is 0 Å². The Morgan fingerprint density at radius 3 is 2.72 bits per heavy atom. The highest BCUT2D eigenvalue weighted by Gasteiger charge is 2.22. The van der Waals surface area contributed by atoms with Gasteiger partial charge in [-0.05, 0) is 36.5 Å². The maximum Gasteiger partial charge on any atom is 0.231 e. The van der Waals surface area contributed by atoms with Crippen molar-refractivity contribution in [3.8, 4) is 17.2 Å². The summed E-state index contributed by atoms with van der Waals surface area (Å²) in [6, 6.07) is 3.65. The molecule has 1 aliphatic rings. The summed E-state index contributed by atoms with van der Waals surface area (Å²) in [5.41, 5.74) is 0.816. The van der Waals surface area contributed by atoms with Crippen LogP contribution in [-0.4, -0.2) is 19.0 Å². The Morgan fingerprint density at radius 2 is 2.06 bits per heavy atom. The zero-order valence-corrected chi connectivity index (χ0v) is 11.1. The second kappa shape index (κ2) is 5.48. The molecule has 18 heavy (non-hydrogen) atoms. The van der Waals surface area contributed by atoms with Crippen molar-refractivity contribution in [3.05, 3.63) is 17.7 Å². The predicted molar refractivity (Wildman–Crippen MR) is 68.1 cm³/mol. The van der Waals surface area contributed by atoms with E-state index in [0.29, 0.717) is 23.2 Å². The zero-order chi connectivity index (χ0) is 13.1. The Balaban J connectivity index is 2.18. The van der Waals surface area contributed by atoms with Crippen LogP contribution in [0.15, 0.2) is 12.1 Å². The van der Waals surface area contributed by atoms with Crippen LogP contribution >= 0.6 is 0 Å². The SMILES string of the molecule is COc1cc(C(O)CCC(C)C)cc2c1OCO2. The molecule has 0 saturated heterocycles. The van der Waals surface area contributed by atoms with Crippen molar-refractivity contribution in [1.82, 2.24) is 0 Å². The summed E-state index contributed by atoms with van der Waals surface area (Å²) in [7, 11) is 1.58. The number of ether oxygens (including phenoxy) is 3. The van der Waals surface area contributed by atoms with Crippen LogP contribution in [0.3, 0.4) is 0 Å². The summed E-state index contributed by atoms with van der Waals surface area (Å²) >= 11 is 0. The second-order valence-corrected chi connectivity index (χ2v) is 4.94. The van der Waals surface area contributed by atoms with E-state index in [2.05, 4.69) is 13.8 Å². The second-order valence-electron chi connectivity index (χ2n) is 4.94. The third-order valence-electron chi connectivity index (χ3n) is 3.08. The Morgan fingerprint density at radius 1 is 1.28 bits per heavy atom. The normalized spacial score (nSPS) is 14.9. The molecule has 1 atom stereocenters. The highest BCUT2D eigenvalue weighted by Crippen LogP contribution is 2.43. The lowest BCUT2D eigenvalue weighted by molar-refractivity contribution is 0.158. The van der Waals surface area contributed by atoms with Gasteiger partial charge < -0.3 is 19.3 Å². The van der Waals surface area contributed by atoms with E-state index in [0.717, 1.165) is 18.4 Å². The van der Waals surface area contributed by atoms with E-state index < -0.39 is 6.10 Å². The number of rotatable bonds is 5. The van der Waals surface area contributed by atoms with Gasteiger partial charge in [-0.15, -0.1) is 0 Å². The van der Waals surface area contributed by atoms with E-state index in [9.17, 15) is 5.11 Å². The quantitative estimate of drug-likeness (QED) is 0.875. The van der Waals surface area contributed by atoms with E-state index in [1.165, 1.54) is 0 Å². The molecule has 100 valence electrons. The molecule has 0 saturated carbocycles. The molecule has 2 rings (SSSR count). The molecule has 0 aliphatic carbocycles. The van der Waals surface area contributed by atoms with Gasteiger partial charge in [0.05, 0.1) is 13.2 Å². The minimum absolute atomic E-state index is 0.206. The van der Waals surface area contributed by atoms with E-state index in [4.69, 9.17) is 14.2 Å². The Kier molecular flexibility index (Phi) is 3.97. The van der Waals surface area contributed by atoms with Crippen molar-refractivity contribution in [2.45, 2.75) is 32.8 Å². The van der Waals surface area contributed by atoms with Gasteiger partial charge in [0.25, 0.3) is 0 Å². The van der Waals surface area contributed by atoms with Crippen LogP contribution in [0.25, 0.3) is 0 Å². The van der Waals surface area contributed by atoms with E-state index in [-0.39, 0.29) is 6.79 Å². The molecule has 4 heteroatoms. The number of methoxy groups -OCH3 is 1. The first-order chi connectivity index (χ1) is 8.61. The third kappa shape index (κ3) is 2.70. The fourth-order valence-electron chi connectivity index (χ4n) is 2.00. The Bertz CT molecular complexity index is 415. The number of aliphatic hydroxyl groups excluding tert-OH is 1. The number of hydrogen-bond acceptors (Lipinski definition) is 4. The summed E-state index contributed by atoms with van der Waals surface area (Å²) in [5, 5.41) is 10.2. The highest BCUT2D eigenvalue weighted by atomic mass is 16.7.